The lowest BCUT2D eigenvalue weighted by molar-refractivity contribution is 0.0695. The van der Waals surface area contributed by atoms with E-state index in [9.17, 15) is 19.1 Å². The Bertz CT molecular complexity index is 1000. The van der Waals surface area contributed by atoms with E-state index in [-0.39, 0.29) is 23.0 Å². The number of hydrogen-bond donors (Lipinski definition) is 2. The van der Waals surface area contributed by atoms with Gasteiger partial charge in [0.2, 0.25) is 5.43 Å². The molecule has 0 spiro atoms. The molecule has 7 nitrogen and oxygen atoms in total. The maximum absolute atomic E-state index is 14.9. The van der Waals surface area contributed by atoms with Gasteiger partial charge in [-0.05, 0) is 25.0 Å². The number of anilines is 1. The molecule has 1 unspecified atom stereocenters. The van der Waals surface area contributed by atoms with Crippen molar-refractivity contribution in [3.63, 3.8) is 0 Å². The number of hydrazine groups is 1. The molecule has 1 aromatic carbocycles. The fourth-order valence-corrected chi connectivity index (χ4v) is 3.87. The van der Waals surface area contributed by atoms with E-state index in [1.807, 2.05) is 4.90 Å². The van der Waals surface area contributed by atoms with Crippen molar-refractivity contribution in [2.45, 2.75) is 24.9 Å². The number of piperazine rings is 1. The second-order valence-corrected chi connectivity index (χ2v) is 7.30. The van der Waals surface area contributed by atoms with Crippen LogP contribution in [0.5, 0.6) is 0 Å². The minimum absolute atomic E-state index is 0.0828. The molecule has 27 heavy (non-hydrogen) atoms. The van der Waals surface area contributed by atoms with Gasteiger partial charge in [-0.3, -0.25) is 10.6 Å². The highest BCUT2D eigenvalue weighted by Crippen LogP contribution is 2.38. The Labute approximate surface area is 159 Å². The van der Waals surface area contributed by atoms with Gasteiger partial charge in [0.25, 0.3) is 0 Å². The average molecular weight is 390 g/mol. The summed E-state index contributed by atoms with van der Waals surface area (Å²) in [6, 6.07) is 2.68. The molecule has 4 rings (SSSR count). The van der Waals surface area contributed by atoms with Crippen LogP contribution in [0.1, 0.15) is 29.2 Å². The van der Waals surface area contributed by atoms with Crippen LogP contribution < -0.4 is 16.2 Å². The van der Waals surface area contributed by atoms with E-state index in [2.05, 4.69) is 0 Å². The first-order valence-corrected chi connectivity index (χ1v) is 9.21. The first-order chi connectivity index (χ1) is 12.9. The number of fused-ring (bicyclic) bond motifs is 1. The summed E-state index contributed by atoms with van der Waals surface area (Å²) in [5.41, 5.74) is -0.117. The normalized spacial score (nSPS) is 20.8. The zero-order chi connectivity index (χ0) is 19.3. The van der Waals surface area contributed by atoms with Gasteiger partial charge in [-0.1, -0.05) is 12.2 Å². The Balaban J connectivity index is 1.92. The van der Waals surface area contributed by atoms with E-state index in [1.165, 1.54) is 6.20 Å². The third-order valence-electron chi connectivity index (χ3n) is 5.19. The summed E-state index contributed by atoms with van der Waals surface area (Å²) in [4.78, 5) is 25.8. The molecule has 9 heteroatoms. The minimum atomic E-state index is -1.30. The highest BCUT2D eigenvalue weighted by atomic mass is 32.1. The molecule has 2 fully saturated rings. The van der Waals surface area contributed by atoms with Crippen molar-refractivity contribution in [2.75, 3.05) is 24.5 Å². The lowest BCUT2D eigenvalue weighted by Crippen LogP contribution is -2.56. The van der Waals surface area contributed by atoms with Crippen LogP contribution in [0, 0.1) is 5.82 Å². The Hall–Kier alpha value is -2.36. The predicted molar refractivity (Wildman–Crippen MR) is 104 cm³/mol. The van der Waals surface area contributed by atoms with Crippen LogP contribution in [-0.2, 0) is 0 Å². The summed E-state index contributed by atoms with van der Waals surface area (Å²) in [6.07, 6.45) is 3.18. The standard InChI is InChI=1S/C18H19FN4O3S/c19-14-5-12-15(6-16(14)22-4-3-21(20)7-11(22)9-27)23(10-1-2-10)8-13(17(12)24)18(25)26/h5-6,8-11H,1-4,7,20H2,(H,25,26). The van der Waals surface area contributed by atoms with Crippen molar-refractivity contribution in [2.24, 2.45) is 5.84 Å². The highest BCUT2D eigenvalue weighted by molar-refractivity contribution is 7.79. The van der Waals surface area contributed by atoms with Crippen LogP contribution in [0.15, 0.2) is 23.1 Å². The minimum Gasteiger partial charge on any atom is -0.477 e. The smallest absolute Gasteiger partial charge is 0.341 e. The number of halogens is 1. The van der Waals surface area contributed by atoms with E-state index in [0.717, 1.165) is 18.9 Å². The number of benzene rings is 1. The summed E-state index contributed by atoms with van der Waals surface area (Å²) in [5, 5.41) is 12.6. The summed E-state index contributed by atoms with van der Waals surface area (Å²) in [6.45, 7) is 1.54. The Morgan fingerprint density at radius 2 is 2.07 bits per heavy atom. The molecule has 0 radical (unpaired) electrons. The van der Waals surface area contributed by atoms with E-state index >= 15 is 0 Å². The zero-order valence-electron chi connectivity index (χ0n) is 14.5. The van der Waals surface area contributed by atoms with Crippen molar-refractivity contribution in [1.82, 2.24) is 9.58 Å². The summed E-state index contributed by atoms with van der Waals surface area (Å²) in [5.74, 6) is 3.97. The molecule has 0 amide bonds. The predicted octanol–water partition coefficient (Wildman–Crippen LogP) is 1.54. The molecule has 2 heterocycles. The molecule has 1 saturated carbocycles. The molecule has 142 valence electrons. The lowest BCUT2D eigenvalue weighted by atomic mass is 10.1. The van der Waals surface area contributed by atoms with Gasteiger partial charge < -0.3 is 14.6 Å². The van der Waals surface area contributed by atoms with Crippen LogP contribution in [-0.4, -0.2) is 51.7 Å². The van der Waals surface area contributed by atoms with Crippen LogP contribution in [0.25, 0.3) is 10.9 Å². The number of carbonyl (C=O) groups is 1. The molecule has 2 aliphatic rings. The van der Waals surface area contributed by atoms with E-state index in [4.69, 9.17) is 18.1 Å². The number of nitrogens with two attached hydrogens (primary N) is 1. The lowest BCUT2D eigenvalue weighted by Gasteiger charge is -2.39. The molecular weight excluding hydrogens is 371 g/mol. The van der Waals surface area contributed by atoms with E-state index < -0.39 is 17.2 Å². The SMILES string of the molecule is NN1CCN(c2cc3c(cc2F)c(=O)c(C(=O)O)cn3C2CC2)C(C=S)C1. The number of aromatic carboxylic acids is 1. The highest BCUT2D eigenvalue weighted by Gasteiger charge is 2.30. The molecular formula is C18H19FN4O3S. The van der Waals surface area contributed by atoms with Gasteiger partial charge in [0.1, 0.15) is 11.4 Å². The van der Waals surface area contributed by atoms with Crippen LogP contribution in [0.3, 0.4) is 0 Å². The van der Waals surface area contributed by atoms with Gasteiger partial charge in [0, 0.05) is 42.6 Å². The molecule has 0 bridgehead atoms. The maximum atomic E-state index is 14.9. The number of nitrogens with zero attached hydrogens (tertiary/aromatic N) is 3. The van der Waals surface area contributed by atoms with Gasteiger partial charge in [0.05, 0.1) is 17.2 Å². The summed E-state index contributed by atoms with van der Waals surface area (Å²) < 4.78 is 16.7. The molecule has 1 aliphatic heterocycles. The average Bonchev–Trinajstić information content (AvgIpc) is 3.47. The van der Waals surface area contributed by atoms with Crippen molar-refractivity contribution >= 4 is 40.1 Å². The topological polar surface area (TPSA) is 91.8 Å². The number of carboxylic acids is 1. The van der Waals surface area contributed by atoms with Crippen LogP contribution >= 0.6 is 12.2 Å². The molecule has 1 aromatic heterocycles. The Kier molecular flexibility index (Phi) is 4.45. The number of rotatable bonds is 4. The number of aromatic nitrogens is 1. The second-order valence-electron chi connectivity index (χ2n) is 7.03. The van der Waals surface area contributed by atoms with E-state index in [1.54, 1.807) is 21.0 Å². The fraction of sp³-hybridized carbons (Fsp3) is 0.389. The molecule has 3 N–H and O–H groups in total. The van der Waals surface area contributed by atoms with Crippen molar-refractivity contribution in [3.8, 4) is 0 Å². The molecule has 1 aliphatic carbocycles. The number of carboxylic acid groups (broad SMARTS) is 1. The maximum Gasteiger partial charge on any atom is 0.341 e. The van der Waals surface area contributed by atoms with Gasteiger partial charge >= 0.3 is 5.97 Å². The van der Waals surface area contributed by atoms with Crippen LogP contribution in [0.2, 0.25) is 0 Å². The number of pyridine rings is 1. The monoisotopic (exact) mass is 390 g/mol. The van der Waals surface area contributed by atoms with Gasteiger partial charge in [-0.15, -0.1) is 0 Å². The first-order valence-electron chi connectivity index (χ1n) is 8.74. The molecule has 1 saturated heterocycles. The third kappa shape index (κ3) is 3.11. The summed E-state index contributed by atoms with van der Waals surface area (Å²) >= 11 is 5.09. The quantitative estimate of drug-likeness (QED) is 0.604. The van der Waals surface area contributed by atoms with Crippen molar-refractivity contribution < 1.29 is 14.3 Å². The Morgan fingerprint density at radius 1 is 1.33 bits per heavy atom. The number of hydrogen-bond acceptors (Lipinski definition) is 6. The largest absolute Gasteiger partial charge is 0.477 e. The van der Waals surface area contributed by atoms with Crippen molar-refractivity contribution in [3.05, 3.63) is 39.9 Å². The first kappa shape index (κ1) is 18.0. The van der Waals surface area contributed by atoms with Gasteiger partial charge in [-0.25, -0.2) is 14.2 Å². The molecule has 2 aromatic rings. The Morgan fingerprint density at radius 3 is 2.70 bits per heavy atom. The van der Waals surface area contributed by atoms with Crippen molar-refractivity contribution in [1.29, 1.82) is 0 Å². The molecule has 1 atom stereocenters. The summed E-state index contributed by atoms with van der Waals surface area (Å²) in [7, 11) is 0. The van der Waals surface area contributed by atoms with Gasteiger partial charge in [-0.2, -0.15) is 0 Å². The second kappa shape index (κ2) is 6.66. The third-order valence-corrected chi connectivity index (χ3v) is 5.50. The zero-order valence-corrected chi connectivity index (χ0v) is 15.3. The van der Waals surface area contributed by atoms with Crippen LogP contribution in [0.4, 0.5) is 10.1 Å². The van der Waals surface area contributed by atoms with Gasteiger partial charge in [0.15, 0.2) is 0 Å². The number of thiocarbonyl (C=S) groups is 1. The van der Waals surface area contributed by atoms with E-state index in [0.29, 0.717) is 30.8 Å². The fourth-order valence-electron chi connectivity index (χ4n) is 3.63.